The third-order valence-electron chi connectivity index (χ3n) is 10.7. The van der Waals surface area contributed by atoms with E-state index < -0.39 is 68.5 Å². The Morgan fingerprint density at radius 3 is 2.62 bits per heavy atom. The minimum atomic E-state index is -3.91. The molecule has 0 spiro atoms. The monoisotopic (exact) mass is 855 g/mol. The number of carbonyl (C=O) groups excluding carboxylic acids is 4. The zero-order valence-electron chi connectivity index (χ0n) is 31.5. The number of aryl methyl sites for hydroxylation is 1. The number of aromatic nitrogens is 3. The molecule has 5 atom stereocenters. The van der Waals surface area contributed by atoms with Gasteiger partial charge in [-0.3, -0.25) is 28.6 Å². The second-order valence-electron chi connectivity index (χ2n) is 14.8. The lowest BCUT2D eigenvalue weighted by Gasteiger charge is -2.29. The summed E-state index contributed by atoms with van der Waals surface area (Å²) < 4.78 is 47.9. The molecule has 3 N–H and O–H groups in total. The van der Waals surface area contributed by atoms with Crippen LogP contribution in [0.1, 0.15) is 75.2 Å². The number of hydrogen-bond donors (Lipinski definition) is 3. The van der Waals surface area contributed by atoms with Crippen LogP contribution in [0.3, 0.4) is 0 Å². The van der Waals surface area contributed by atoms with E-state index in [1.807, 2.05) is 19.1 Å². The lowest BCUT2D eigenvalue weighted by molar-refractivity contribution is -0.141. The molecule has 3 fully saturated rings. The van der Waals surface area contributed by atoms with Crippen molar-refractivity contribution in [2.75, 3.05) is 20.3 Å². The van der Waals surface area contributed by atoms with Gasteiger partial charge < -0.3 is 29.7 Å². The SMILES string of the molecule is CCOc1cc(O[C@@H]2C[C@H]3C(=O)N[C@]4(C(=O)NS(=O)(=O)C5CC5)C[C@H]4/C=C\CCCCC[C@H](NC(=O)c4ccn(C)n4)C(=O)N3C2)c2ccc(OC)c(Br)c2n1. The molecule has 2 saturated carbocycles. The highest BCUT2D eigenvalue weighted by Crippen LogP contribution is 2.46. The Balaban J connectivity index is 1.22. The first-order valence-electron chi connectivity index (χ1n) is 19.0. The molecule has 56 heavy (non-hydrogen) atoms. The van der Waals surface area contributed by atoms with E-state index in [9.17, 15) is 27.6 Å². The molecule has 2 aliphatic carbocycles. The van der Waals surface area contributed by atoms with Crippen molar-refractivity contribution in [1.82, 2.24) is 35.0 Å². The molecule has 0 unspecified atom stereocenters. The van der Waals surface area contributed by atoms with E-state index in [2.05, 4.69) is 41.4 Å². The maximum absolute atomic E-state index is 14.7. The van der Waals surface area contributed by atoms with Gasteiger partial charge in [0.05, 0.1) is 35.5 Å². The Bertz CT molecular complexity index is 2170. The Morgan fingerprint density at radius 2 is 1.91 bits per heavy atom. The number of nitrogens with zero attached hydrogens (tertiary/aromatic N) is 4. The summed E-state index contributed by atoms with van der Waals surface area (Å²) in [6, 6.07) is 4.64. The van der Waals surface area contributed by atoms with Crippen LogP contribution in [0, 0.1) is 5.92 Å². The predicted molar refractivity (Wildman–Crippen MR) is 207 cm³/mol. The number of methoxy groups -OCH3 is 1. The Hall–Kier alpha value is -4.71. The lowest BCUT2D eigenvalue weighted by atomic mass is 10.0. The van der Waals surface area contributed by atoms with E-state index >= 15 is 0 Å². The van der Waals surface area contributed by atoms with Gasteiger partial charge in [0.15, 0.2) is 0 Å². The van der Waals surface area contributed by atoms with E-state index in [1.165, 1.54) is 9.58 Å². The molecule has 0 bridgehead atoms. The van der Waals surface area contributed by atoms with Crippen molar-refractivity contribution < 1.29 is 41.8 Å². The fourth-order valence-electron chi connectivity index (χ4n) is 7.46. The average molecular weight is 857 g/mol. The number of halogens is 1. The number of benzene rings is 1. The minimum absolute atomic E-state index is 0.0299. The fraction of sp³-hybridized carbons (Fsp3) is 0.526. The molecule has 2 aromatic heterocycles. The number of hydrogen-bond acceptors (Lipinski definition) is 11. The van der Waals surface area contributed by atoms with Crippen LogP contribution in [0.4, 0.5) is 0 Å². The molecule has 300 valence electrons. The third kappa shape index (κ3) is 8.21. The van der Waals surface area contributed by atoms with Gasteiger partial charge in [0.2, 0.25) is 27.7 Å². The second-order valence-corrected chi connectivity index (χ2v) is 17.5. The highest BCUT2D eigenvalue weighted by molar-refractivity contribution is 9.10. The van der Waals surface area contributed by atoms with Gasteiger partial charge >= 0.3 is 0 Å². The summed E-state index contributed by atoms with van der Waals surface area (Å²) in [5.74, 6) is -1.64. The highest BCUT2D eigenvalue weighted by atomic mass is 79.9. The smallest absolute Gasteiger partial charge is 0.272 e. The van der Waals surface area contributed by atoms with Gasteiger partial charge in [-0.25, -0.2) is 13.4 Å². The molecule has 0 radical (unpaired) electrons. The van der Waals surface area contributed by atoms with E-state index in [0.29, 0.717) is 71.5 Å². The standard InChI is InChI=1S/C38H46BrN7O9S/c1-4-54-31-19-30(25-14-15-29(53-3)32(39)33(25)41-31)55-23-18-28-35(48)42-38(37(50)44-56(51,52)24-12-13-24)20-22(38)10-8-6-5-7-9-11-27(36(49)46(28)21-23)40-34(47)26-16-17-45(2)43-26/h8,10,14-17,19,22-24,27-28H,4-7,9,11-13,18,20-21H2,1-3H3,(H,40,47)(H,42,48)(H,44,50)/b10-8-/t22-,23-,27+,28+,38-/m1/s1. The van der Waals surface area contributed by atoms with Crippen LogP contribution in [0.2, 0.25) is 0 Å². The number of sulfonamides is 1. The summed E-state index contributed by atoms with van der Waals surface area (Å²) in [7, 11) is -0.676. The molecule has 7 rings (SSSR count). The zero-order valence-corrected chi connectivity index (χ0v) is 33.9. The number of rotatable bonds is 10. The van der Waals surface area contributed by atoms with Gasteiger partial charge in [-0.15, -0.1) is 0 Å². The Morgan fingerprint density at radius 1 is 1.11 bits per heavy atom. The van der Waals surface area contributed by atoms with Gasteiger partial charge in [0.1, 0.15) is 40.9 Å². The molecule has 4 amide bonds. The molecule has 3 aromatic rings. The van der Waals surface area contributed by atoms with Crippen LogP contribution in [0.5, 0.6) is 17.4 Å². The summed E-state index contributed by atoms with van der Waals surface area (Å²) >= 11 is 3.58. The van der Waals surface area contributed by atoms with Crippen LogP contribution in [-0.2, 0) is 31.5 Å². The normalized spacial score (nSPS) is 26.2. The molecule has 4 aliphatic rings. The van der Waals surface area contributed by atoms with Gasteiger partial charge in [-0.05, 0) is 79.6 Å². The number of carbonyl (C=O) groups is 4. The maximum atomic E-state index is 14.7. The molecule has 1 saturated heterocycles. The first-order chi connectivity index (χ1) is 26.8. The Kier molecular flexibility index (Phi) is 11.3. The number of pyridine rings is 1. The van der Waals surface area contributed by atoms with Crippen molar-refractivity contribution in [3.8, 4) is 17.4 Å². The van der Waals surface area contributed by atoms with E-state index in [0.717, 1.165) is 12.8 Å². The summed E-state index contributed by atoms with van der Waals surface area (Å²) in [6.45, 7) is 2.14. The van der Waals surface area contributed by atoms with Crippen molar-refractivity contribution in [2.24, 2.45) is 13.0 Å². The first kappa shape index (κ1) is 39.5. The lowest BCUT2D eigenvalue weighted by Crippen LogP contribution is -2.58. The molecule has 2 aliphatic heterocycles. The average Bonchev–Trinajstić information content (AvgIpc) is 4.05. The third-order valence-corrected chi connectivity index (χ3v) is 13.3. The fourth-order valence-corrected chi connectivity index (χ4v) is 9.42. The van der Waals surface area contributed by atoms with Crippen LogP contribution in [0.25, 0.3) is 10.9 Å². The predicted octanol–water partition coefficient (Wildman–Crippen LogP) is 3.29. The van der Waals surface area contributed by atoms with Crippen LogP contribution < -0.4 is 29.6 Å². The maximum Gasteiger partial charge on any atom is 0.272 e. The molecular weight excluding hydrogens is 810 g/mol. The van der Waals surface area contributed by atoms with Gasteiger partial charge in [-0.1, -0.05) is 25.0 Å². The minimum Gasteiger partial charge on any atom is -0.495 e. The van der Waals surface area contributed by atoms with Gasteiger partial charge in [0, 0.05) is 37.0 Å². The van der Waals surface area contributed by atoms with E-state index in [4.69, 9.17) is 14.2 Å². The van der Waals surface area contributed by atoms with Crippen molar-refractivity contribution in [1.29, 1.82) is 0 Å². The van der Waals surface area contributed by atoms with E-state index in [-0.39, 0.29) is 25.1 Å². The van der Waals surface area contributed by atoms with Gasteiger partial charge in [0.25, 0.3) is 11.8 Å². The van der Waals surface area contributed by atoms with Crippen molar-refractivity contribution >= 4 is 60.5 Å². The number of nitrogens with one attached hydrogen (secondary N) is 3. The Labute approximate surface area is 333 Å². The van der Waals surface area contributed by atoms with Gasteiger partial charge in [-0.2, -0.15) is 5.10 Å². The largest absolute Gasteiger partial charge is 0.495 e. The molecule has 1 aromatic carbocycles. The quantitative estimate of drug-likeness (QED) is 0.253. The van der Waals surface area contributed by atoms with Crippen molar-refractivity contribution in [3.63, 3.8) is 0 Å². The van der Waals surface area contributed by atoms with Crippen molar-refractivity contribution in [3.05, 3.63) is 52.8 Å². The second kappa shape index (κ2) is 16.0. The summed E-state index contributed by atoms with van der Waals surface area (Å²) in [6.07, 6.45) is 9.04. The van der Waals surface area contributed by atoms with Crippen LogP contribution >= 0.6 is 15.9 Å². The molecular formula is C38H46BrN7O9S. The number of ether oxygens (including phenoxy) is 3. The van der Waals surface area contributed by atoms with Crippen molar-refractivity contribution in [2.45, 2.75) is 93.7 Å². The number of allylic oxidation sites excluding steroid dienone is 1. The number of amides is 4. The number of fused-ring (bicyclic) bond motifs is 3. The first-order valence-corrected chi connectivity index (χ1v) is 21.3. The highest BCUT2D eigenvalue weighted by Gasteiger charge is 2.62. The summed E-state index contributed by atoms with van der Waals surface area (Å²) in [5, 5.41) is 9.94. The summed E-state index contributed by atoms with van der Waals surface area (Å²) in [5.41, 5.74) is -0.856. The van der Waals surface area contributed by atoms with Crippen LogP contribution in [-0.4, -0.2) is 101 Å². The molecule has 4 heterocycles. The molecule has 16 nitrogen and oxygen atoms in total. The summed E-state index contributed by atoms with van der Waals surface area (Å²) in [4.78, 5) is 62.3. The van der Waals surface area contributed by atoms with Crippen LogP contribution in [0.15, 0.2) is 47.1 Å². The topological polar surface area (TPSA) is 200 Å². The van der Waals surface area contributed by atoms with E-state index in [1.54, 1.807) is 44.6 Å². The zero-order chi connectivity index (χ0) is 39.8. The molecule has 18 heteroatoms.